The summed E-state index contributed by atoms with van der Waals surface area (Å²) in [5.41, 5.74) is 0. The molecule has 0 unspecified atom stereocenters. The van der Waals surface area contributed by atoms with E-state index < -0.39 is 6.09 Å². The van der Waals surface area contributed by atoms with Crippen molar-refractivity contribution < 1.29 is 9.53 Å². The first-order valence-electron chi connectivity index (χ1n) is 4.50. The van der Waals surface area contributed by atoms with Crippen LogP contribution in [0, 0.1) is 0 Å². The molecule has 1 rings (SSSR count). The van der Waals surface area contributed by atoms with Crippen molar-refractivity contribution in [3.8, 4) is 0 Å². The van der Waals surface area contributed by atoms with Gasteiger partial charge in [0, 0.05) is 19.4 Å². The van der Waals surface area contributed by atoms with E-state index in [9.17, 15) is 4.79 Å². The van der Waals surface area contributed by atoms with Crippen LogP contribution in [0.1, 0.15) is 19.7 Å². The fourth-order valence-electron chi connectivity index (χ4n) is 0.974. The standard InChI is InChI=1S/C9H15N3O2/c1-7(2)14-9(13)11-6-8-10-4-5-12(8)3/h4-5,7H,6H2,1-3H3,(H,11,13). The molecule has 0 aliphatic carbocycles. The molecule has 1 aromatic rings. The van der Waals surface area contributed by atoms with Gasteiger partial charge in [-0.1, -0.05) is 0 Å². The second kappa shape index (κ2) is 4.64. The van der Waals surface area contributed by atoms with E-state index in [-0.39, 0.29) is 6.10 Å². The Bertz CT molecular complexity index is 307. The van der Waals surface area contributed by atoms with Gasteiger partial charge in [0.1, 0.15) is 5.82 Å². The van der Waals surface area contributed by atoms with Gasteiger partial charge in [0.05, 0.1) is 12.6 Å². The zero-order chi connectivity index (χ0) is 10.6. The van der Waals surface area contributed by atoms with E-state index in [1.807, 2.05) is 17.8 Å². The lowest BCUT2D eigenvalue weighted by atomic mass is 10.5. The first-order chi connectivity index (χ1) is 6.59. The molecule has 0 saturated heterocycles. The topological polar surface area (TPSA) is 56.1 Å². The highest BCUT2D eigenvalue weighted by Crippen LogP contribution is 1.94. The fraction of sp³-hybridized carbons (Fsp3) is 0.556. The molecule has 1 aromatic heterocycles. The molecule has 0 aliphatic heterocycles. The number of ether oxygens (including phenoxy) is 1. The van der Waals surface area contributed by atoms with E-state index in [4.69, 9.17) is 4.74 Å². The maximum atomic E-state index is 11.1. The van der Waals surface area contributed by atoms with E-state index in [0.717, 1.165) is 5.82 Å². The number of aryl methyl sites for hydroxylation is 1. The third kappa shape index (κ3) is 3.08. The van der Waals surface area contributed by atoms with Crippen LogP contribution in [0.5, 0.6) is 0 Å². The Morgan fingerprint density at radius 2 is 2.43 bits per heavy atom. The Morgan fingerprint density at radius 1 is 1.71 bits per heavy atom. The largest absolute Gasteiger partial charge is 0.447 e. The molecular weight excluding hydrogens is 182 g/mol. The monoisotopic (exact) mass is 197 g/mol. The Kier molecular flexibility index (Phi) is 3.50. The van der Waals surface area contributed by atoms with Crippen LogP contribution in [0.2, 0.25) is 0 Å². The Hall–Kier alpha value is -1.52. The van der Waals surface area contributed by atoms with Gasteiger partial charge in [-0.2, -0.15) is 0 Å². The van der Waals surface area contributed by atoms with Crippen molar-refractivity contribution in [3.63, 3.8) is 0 Å². The zero-order valence-corrected chi connectivity index (χ0v) is 8.65. The van der Waals surface area contributed by atoms with Gasteiger partial charge in [0.25, 0.3) is 0 Å². The molecule has 0 aliphatic rings. The highest BCUT2D eigenvalue weighted by molar-refractivity contribution is 5.67. The minimum Gasteiger partial charge on any atom is -0.447 e. The summed E-state index contributed by atoms with van der Waals surface area (Å²) >= 11 is 0. The summed E-state index contributed by atoms with van der Waals surface area (Å²) in [7, 11) is 1.87. The quantitative estimate of drug-likeness (QED) is 0.788. The van der Waals surface area contributed by atoms with Crippen LogP contribution in [-0.2, 0) is 18.3 Å². The van der Waals surface area contributed by atoms with Gasteiger partial charge in [0.15, 0.2) is 0 Å². The van der Waals surface area contributed by atoms with Crippen LogP contribution in [0.15, 0.2) is 12.4 Å². The summed E-state index contributed by atoms with van der Waals surface area (Å²) in [6.07, 6.45) is 3.00. The van der Waals surface area contributed by atoms with Crippen molar-refractivity contribution in [2.75, 3.05) is 0 Å². The third-order valence-corrected chi connectivity index (χ3v) is 1.65. The summed E-state index contributed by atoms with van der Waals surface area (Å²) in [6, 6.07) is 0. The van der Waals surface area contributed by atoms with Gasteiger partial charge in [-0.05, 0) is 13.8 Å². The second-order valence-corrected chi connectivity index (χ2v) is 3.26. The van der Waals surface area contributed by atoms with Gasteiger partial charge in [-0.25, -0.2) is 9.78 Å². The van der Waals surface area contributed by atoms with E-state index in [1.165, 1.54) is 0 Å². The zero-order valence-electron chi connectivity index (χ0n) is 8.65. The van der Waals surface area contributed by atoms with E-state index in [2.05, 4.69) is 10.3 Å². The SMILES string of the molecule is CC(C)OC(=O)NCc1nccn1C. The molecule has 0 bridgehead atoms. The number of hydrogen-bond donors (Lipinski definition) is 1. The minimum absolute atomic E-state index is 0.101. The second-order valence-electron chi connectivity index (χ2n) is 3.26. The summed E-state index contributed by atoms with van der Waals surface area (Å²) in [5, 5.41) is 2.61. The number of hydrogen-bond acceptors (Lipinski definition) is 3. The summed E-state index contributed by atoms with van der Waals surface area (Å²) in [4.78, 5) is 15.1. The number of rotatable bonds is 3. The lowest BCUT2D eigenvalue weighted by molar-refractivity contribution is 0.115. The number of nitrogens with zero attached hydrogens (tertiary/aromatic N) is 2. The molecule has 0 fully saturated rings. The number of imidazole rings is 1. The molecule has 5 heteroatoms. The van der Waals surface area contributed by atoms with E-state index in [1.54, 1.807) is 20.0 Å². The van der Waals surface area contributed by atoms with Crippen molar-refractivity contribution in [2.24, 2.45) is 7.05 Å². The summed E-state index contributed by atoms with van der Waals surface area (Å²) in [5.74, 6) is 0.797. The molecule has 0 radical (unpaired) electrons. The lowest BCUT2D eigenvalue weighted by Crippen LogP contribution is -2.27. The fourth-order valence-corrected chi connectivity index (χ4v) is 0.974. The average molecular weight is 197 g/mol. The molecule has 0 atom stereocenters. The highest BCUT2D eigenvalue weighted by Gasteiger charge is 2.05. The third-order valence-electron chi connectivity index (χ3n) is 1.65. The number of alkyl carbamates (subject to hydrolysis) is 1. The Labute approximate surface area is 83.1 Å². The van der Waals surface area contributed by atoms with E-state index >= 15 is 0 Å². The van der Waals surface area contributed by atoms with Gasteiger partial charge in [-0.3, -0.25) is 0 Å². The van der Waals surface area contributed by atoms with Gasteiger partial charge in [0.2, 0.25) is 0 Å². The number of carbonyl (C=O) groups is 1. The molecule has 0 aromatic carbocycles. The first-order valence-corrected chi connectivity index (χ1v) is 4.50. The molecule has 1 heterocycles. The van der Waals surface area contributed by atoms with Gasteiger partial charge >= 0.3 is 6.09 Å². The molecule has 0 spiro atoms. The number of aromatic nitrogens is 2. The van der Waals surface area contributed by atoms with Crippen molar-refractivity contribution in [1.82, 2.24) is 14.9 Å². The van der Waals surface area contributed by atoms with Crippen molar-refractivity contribution in [1.29, 1.82) is 0 Å². The maximum Gasteiger partial charge on any atom is 0.407 e. The van der Waals surface area contributed by atoms with Crippen molar-refractivity contribution in [3.05, 3.63) is 18.2 Å². The van der Waals surface area contributed by atoms with Crippen molar-refractivity contribution >= 4 is 6.09 Å². The predicted molar refractivity (Wildman–Crippen MR) is 51.7 cm³/mol. The van der Waals surface area contributed by atoms with Crippen LogP contribution in [0.3, 0.4) is 0 Å². The summed E-state index contributed by atoms with van der Waals surface area (Å²) < 4.78 is 6.74. The Morgan fingerprint density at radius 3 is 2.93 bits per heavy atom. The molecule has 1 amide bonds. The first kappa shape index (κ1) is 10.6. The summed E-state index contributed by atoms with van der Waals surface area (Å²) in [6.45, 7) is 4.00. The van der Waals surface area contributed by atoms with Crippen molar-refractivity contribution in [2.45, 2.75) is 26.5 Å². The van der Waals surface area contributed by atoms with Crippen LogP contribution in [-0.4, -0.2) is 21.7 Å². The molecule has 14 heavy (non-hydrogen) atoms. The Balaban J connectivity index is 2.34. The minimum atomic E-state index is -0.414. The molecule has 5 nitrogen and oxygen atoms in total. The predicted octanol–water partition coefficient (Wildman–Crippen LogP) is 1.05. The van der Waals surface area contributed by atoms with Gasteiger partial charge < -0.3 is 14.6 Å². The number of amides is 1. The maximum absolute atomic E-state index is 11.1. The molecule has 0 saturated carbocycles. The van der Waals surface area contributed by atoms with Crippen LogP contribution in [0.4, 0.5) is 4.79 Å². The molecule has 78 valence electrons. The normalized spacial score (nSPS) is 10.3. The lowest BCUT2D eigenvalue weighted by Gasteiger charge is -2.09. The van der Waals surface area contributed by atoms with Crippen LogP contribution >= 0.6 is 0 Å². The molecule has 1 N–H and O–H groups in total. The van der Waals surface area contributed by atoms with Gasteiger partial charge in [-0.15, -0.1) is 0 Å². The van der Waals surface area contributed by atoms with Crippen LogP contribution < -0.4 is 5.32 Å². The number of nitrogens with one attached hydrogen (secondary N) is 1. The van der Waals surface area contributed by atoms with E-state index in [0.29, 0.717) is 6.54 Å². The van der Waals surface area contributed by atoms with Crippen LogP contribution in [0.25, 0.3) is 0 Å². The molecular formula is C9H15N3O2. The average Bonchev–Trinajstić information content (AvgIpc) is 2.46. The smallest absolute Gasteiger partial charge is 0.407 e. The number of carbonyl (C=O) groups excluding carboxylic acids is 1. The highest BCUT2D eigenvalue weighted by atomic mass is 16.6.